The summed E-state index contributed by atoms with van der Waals surface area (Å²) in [4.78, 5) is 14.0. The zero-order valence-electron chi connectivity index (χ0n) is 9.97. The number of H-pyrrole nitrogens is 1. The summed E-state index contributed by atoms with van der Waals surface area (Å²) in [6.07, 6.45) is 1.66. The van der Waals surface area contributed by atoms with Crippen LogP contribution in [0.15, 0.2) is 36.5 Å². The van der Waals surface area contributed by atoms with Crippen molar-refractivity contribution >= 4 is 11.6 Å². The summed E-state index contributed by atoms with van der Waals surface area (Å²) in [7, 11) is 0. The molecular formula is C13H15N3O. The van der Waals surface area contributed by atoms with Crippen molar-refractivity contribution in [3.63, 3.8) is 0 Å². The molecule has 0 aliphatic heterocycles. The van der Waals surface area contributed by atoms with Gasteiger partial charge in [-0.05, 0) is 31.5 Å². The molecule has 2 aromatic rings. The lowest BCUT2D eigenvalue weighted by atomic mass is 10.2. The van der Waals surface area contributed by atoms with E-state index in [0.717, 1.165) is 11.3 Å². The van der Waals surface area contributed by atoms with Gasteiger partial charge in [-0.25, -0.2) is 0 Å². The molecule has 0 aliphatic rings. The topological polar surface area (TPSA) is 49.0 Å². The molecule has 0 saturated heterocycles. The Morgan fingerprint density at radius 3 is 2.59 bits per heavy atom. The highest BCUT2D eigenvalue weighted by molar-refractivity contribution is 6.05. The number of carbonyl (C=O) groups is 1. The molecule has 0 spiro atoms. The molecule has 2 rings (SSSR count). The minimum absolute atomic E-state index is 0.0475. The van der Waals surface area contributed by atoms with Gasteiger partial charge in [0.15, 0.2) is 0 Å². The number of aromatic amines is 1. The van der Waals surface area contributed by atoms with Gasteiger partial charge in [-0.3, -0.25) is 9.89 Å². The SMILES string of the molecule is CCN(C(=O)c1[nH]ncc1C)c1ccccc1. The molecule has 4 heteroatoms. The second-order valence-corrected chi connectivity index (χ2v) is 3.81. The van der Waals surface area contributed by atoms with E-state index in [2.05, 4.69) is 10.2 Å². The van der Waals surface area contributed by atoms with Gasteiger partial charge in [0.1, 0.15) is 5.69 Å². The van der Waals surface area contributed by atoms with Crippen LogP contribution in [0, 0.1) is 6.92 Å². The number of nitrogens with one attached hydrogen (secondary N) is 1. The number of anilines is 1. The molecule has 0 aliphatic carbocycles. The first kappa shape index (κ1) is 11.4. The smallest absolute Gasteiger partial charge is 0.276 e. The molecule has 0 unspecified atom stereocenters. The average molecular weight is 229 g/mol. The van der Waals surface area contributed by atoms with Crippen LogP contribution in [0.1, 0.15) is 23.0 Å². The van der Waals surface area contributed by atoms with Gasteiger partial charge in [-0.15, -0.1) is 0 Å². The Bertz CT molecular complexity index is 504. The van der Waals surface area contributed by atoms with Crippen molar-refractivity contribution in [3.8, 4) is 0 Å². The van der Waals surface area contributed by atoms with E-state index in [1.165, 1.54) is 0 Å². The number of carbonyl (C=O) groups excluding carboxylic acids is 1. The zero-order chi connectivity index (χ0) is 12.3. The summed E-state index contributed by atoms with van der Waals surface area (Å²) < 4.78 is 0. The number of amides is 1. The second-order valence-electron chi connectivity index (χ2n) is 3.81. The van der Waals surface area contributed by atoms with Crippen LogP contribution in [0.2, 0.25) is 0 Å². The van der Waals surface area contributed by atoms with E-state index in [4.69, 9.17) is 0 Å². The van der Waals surface area contributed by atoms with Crippen molar-refractivity contribution < 1.29 is 4.79 Å². The predicted octanol–water partition coefficient (Wildman–Crippen LogP) is 2.38. The number of hydrogen-bond acceptors (Lipinski definition) is 2. The Kier molecular flexibility index (Phi) is 3.23. The highest BCUT2D eigenvalue weighted by Crippen LogP contribution is 2.16. The Balaban J connectivity index is 2.32. The van der Waals surface area contributed by atoms with E-state index >= 15 is 0 Å². The Labute approximate surface area is 100 Å². The van der Waals surface area contributed by atoms with Crippen LogP contribution < -0.4 is 4.90 Å². The van der Waals surface area contributed by atoms with E-state index in [9.17, 15) is 4.79 Å². The highest BCUT2D eigenvalue weighted by atomic mass is 16.2. The molecule has 0 atom stereocenters. The van der Waals surface area contributed by atoms with Crippen molar-refractivity contribution in [1.29, 1.82) is 0 Å². The van der Waals surface area contributed by atoms with Gasteiger partial charge >= 0.3 is 0 Å². The molecule has 4 nitrogen and oxygen atoms in total. The number of hydrogen-bond donors (Lipinski definition) is 1. The van der Waals surface area contributed by atoms with Crippen LogP contribution in [0.3, 0.4) is 0 Å². The van der Waals surface area contributed by atoms with Crippen LogP contribution >= 0.6 is 0 Å². The average Bonchev–Trinajstić information content (AvgIpc) is 2.77. The second kappa shape index (κ2) is 4.82. The highest BCUT2D eigenvalue weighted by Gasteiger charge is 2.18. The normalized spacial score (nSPS) is 10.2. The molecule has 1 N–H and O–H groups in total. The third kappa shape index (κ3) is 2.20. The van der Waals surface area contributed by atoms with Crippen LogP contribution in [-0.4, -0.2) is 22.6 Å². The Hall–Kier alpha value is -2.10. The summed E-state index contributed by atoms with van der Waals surface area (Å²) >= 11 is 0. The fourth-order valence-corrected chi connectivity index (χ4v) is 1.75. The summed E-state index contributed by atoms with van der Waals surface area (Å²) in [5.74, 6) is -0.0475. The van der Waals surface area contributed by atoms with Crippen molar-refractivity contribution in [1.82, 2.24) is 10.2 Å². The van der Waals surface area contributed by atoms with Crippen molar-refractivity contribution in [2.45, 2.75) is 13.8 Å². The van der Waals surface area contributed by atoms with Crippen LogP contribution in [0.25, 0.3) is 0 Å². The molecule has 1 heterocycles. The van der Waals surface area contributed by atoms with Crippen molar-refractivity contribution in [3.05, 3.63) is 47.8 Å². The standard InChI is InChI=1S/C13H15N3O/c1-3-16(11-7-5-4-6-8-11)13(17)12-10(2)9-14-15-12/h4-9H,3H2,1-2H3,(H,14,15). The molecule has 0 fully saturated rings. The van der Waals surface area contributed by atoms with Gasteiger partial charge in [-0.1, -0.05) is 18.2 Å². The number of para-hydroxylation sites is 1. The third-order valence-electron chi connectivity index (χ3n) is 2.67. The summed E-state index contributed by atoms with van der Waals surface area (Å²) in [6.45, 7) is 4.45. The van der Waals surface area contributed by atoms with Crippen LogP contribution in [-0.2, 0) is 0 Å². The first-order chi connectivity index (χ1) is 8.24. The number of rotatable bonds is 3. The maximum atomic E-state index is 12.3. The van der Waals surface area contributed by atoms with E-state index < -0.39 is 0 Å². The lowest BCUT2D eigenvalue weighted by Crippen LogP contribution is -2.31. The fraction of sp³-hybridized carbons (Fsp3) is 0.231. The molecule has 1 amide bonds. The summed E-state index contributed by atoms with van der Waals surface area (Å²) in [5, 5.41) is 6.63. The van der Waals surface area contributed by atoms with Gasteiger partial charge in [-0.2, -0.15) is 5.10 Å². The predicted molar refractivity (Wildman–Crippen MR) is 67.1 cm³/mol. The number of benzene rings is 1. The lowest BCUT2D eigenvalue weighted by molar-refractivity contribution is 0.0983. The number of nitrogens with zero attached hydrogens (tertiary/aromatic N) is 2. The third-order valence-corrected chi connectivity index (χ3v) is 2.67. The first-order valence-corrected chi connectivity index (χ1v) is 5.61. The summed E-state index contributed by atoms with van der Waals surface area (Å²) in [5.41, 5.74) is 2.31. The summed E-state index contributed by atoms with van der Waals surface area (Å²) in [6, 6.07) is 9.62. The molecule has 17 heavy (non-hydrogen) atoms. The van der Waals surface area contributed by atoms with E-state index in [-0.39, 0.29) is 5.91 Å². The zero-order valence-corrected chi connectivity index (χ0v) is 9.97. The molecular weight excluding hydrogens is 214 g/mol. The fourth-order valence-electron chi connectivity index (χ4n) is 1.75. The van der Waals surface area contributed by atoms with Gasteiger partial charge in [0.25, 0.3) is 5.91 Å². The monoisotopic (exact) mass is 229 g/mol. The van der Waals surface area contributed by atoms with E-state index in [1.807, 2.05) is 44.2 Å². The maximum Gasteiger partial charge on any atom is 0.276 e. The Morgan fingerprint density at radius 2 is 2.06 bits per heavy atom. The molecule has 1 aromatic heterocycles. The van der Waals surface area contributed by atoms with Gasteiger partial charge in [0, 0.05) is 12.2 Å². The van der Waals surface area contributed by atoms with E-state index in [1.54, 1.807) is 11.1 Å². The molecule has 0 radical (unpaired) electrons. The molecule has 0 bridgehead atoms. The van der Waals surface area contributed by atoms with Crippen molar-refractivity contribution in [2.75, 3.05) is 11.4 Å². The lowest BCUT2D eigenvalue weighted by Gasteiger charge is -2.20. The van der Waals surface area contributed by atoms with Gasteiger partial charge < -0.3 is 4.90 Å². The van der Waals surface area contributed by atoms with Gasteiger partial charge in [0.2, 0.25) is 0 Å². The van der Waals surface area contributed by atoms with Gasteiger partial charge in [0.05, 0.1) is 6.20 Å². The minimum atomic E-state index is -0.0475. The molecule has 1 aromatic carbocycles. The minimum Gasteiger partial charge on any atom is -0.307 e. The number of aromatic nitrogens is 2. The molecule has 88 valence electrons. The van der Waals surface area contributed by atoms with Crippen LogP contribution in [0.4, 0.5) is 5.69 Å². The Morgan fingerprint density at radius 1 is 1.35 bits per heavy atom. The van der Waals surface area contributed by atoms with Crippen LogP contribution in [0.5, 0.6) is 0 Å². The van der Waals surface area contributed by atoms with E-state index in [0.29, 0.717) is 12.2 Å². The molecule has 0 saturated carbocycles. The maximum absolute atomic E-state index is 12.3. The van der Waals surface area contributed by atoms with Crippen molar-refractivity contribution in [2.24, 2.45) is 0 Å². The first-order valence-electron chi connectivity index (χ1n) is 5.61. The number of aryl methyl sites for hydroxylation is 1. The quantitative estimate of drug-likeness (QED) is 0.878. The largest absolute Gasteiger partial charge is 0.307 e.